The van der Waals surface area contributed by atoms with Crippen LogP contribution in [-0.4, -0.2) is 41.3 Å². The molecular weight excluding hydrogens is 176 g/mol. The van der Waals surface area contributed by atoms with Crippen LogP contribution in [-0.2, 0) is 0 Å². The maximum Gasteiger partial charge on any atom is 0.0770 e. The third-order valence-corrected chi connectivity index (χ3v) is 3.92. The van der Waals surface area contributed by atoms with E-state index in [0.29, 0.717) is 6.54 Å². The summed E-state index contributed by atoms with van der Waals surface area (Å²) in [7, 11) is 0. The van der Waals surface area contributed by atoms with Crippen LogP contribution in [0.4, 0.5) is 0 Å². The van der Waals surface area contributed by atoms with E-state index in [2.05, 4.69) is 4.90 Å². The molecule has 1 heterocycles. The third kappa shape index (κ3) is 2.10. The minimum Gasteiger partial charge on any atom is -0.389 e. The molecule has 0 aromatic carbocycles. The second-order valence-corrected chi connectivity index (χ2v) is 4.90. The van der Waals surface area contributed by atoms with E-state index in [-0.39, 0.29) is 0 Å². The van der Waals surface area contributed by atoms with E-state index in [9.17, 15) is 5.11 Å². The first-order chi connectivity index (χ1) is 6.73. The lowest BCUT2D eigenvalue weighted by atomic mass is 9.82. The summed E-state index contributed by atoms with van der Waals surface area (Å²) in [4.78, 5) is 2.59. The molecule has 3 nitrogen and oxygen atoms in total. The summed E-state index contributed by atoms with van der Waals surface area (Å²) in [5, 5.41) is 10.00. The molecule has 2 rings (SSSR count). The lowest BCUT2D eigenvalue weighted by Gasteiger charge is -2.38. The Balaban J connectivity index is 1.83. The van der Waals surface area contributed by atoms with Crippen molar-refractivity contribution in [2.24, 2.45) is 5.73 Å². The molecule has 0 aromatic rings. The summed E-state index contributed by atoms with van der Waals surface area (Å²) in [5.41, 5.74) is 5.03. The molecule has 0 amide bonds. The Bertz CT molecular complexity index is 182. The average molecular weight is 198 g/mol. The van der Waals surface area contributed by atoms with Crippen molar-refractivity contribution >= 4 is 0 Å². The number of nitrogens with zero attached hydrogens (tertiary/aromatic N) is 1. The van der Waals surface area contributed by atoms with Crippen LogP contribution in [0.3, 0.4) is 0 Å². The van der Waals surface area contributed by atoms with E-state index in [4.69, 9.17) is 5.73 Å². The average Bonchev–Trinajstić information content (AvgIpc) is 2.72. The van der Waals surface area contributed by atoms with Gasteiger partial charge in [-0.2, -0.15) is 0 Å². The Hall–Kier alpha value is -0.120. The van der Waals surface area contributed by atoms with Crippen molar-refractivity contribution in [2.45, 2.75) is 50.2 Å². The first kappa shape index (κ1) is 10.4. The highest BCUT2D eigenvalue weighted by Crippen LogP contribution is 2.31. The number of hydrogen-bond donors (Lipinski definition) is 2. The second-order valence-electron chi connectivity index (χ2n) is 4.90. The maximum absolute atomic E-state index is 10.00. The lowest BCUT2D eigenvalue weighted by molar-refractivity contribution is -0.00972. The topological polar surface area (TPSA) is 49.5 Å². The quantitative estimate of drug-likeness (QED) is 0.687. The van der Waals surface area contributed by atoms with Crippen LogP contribution in [0.2, 0.25) is 0 Å². The largest absolute Gasteiger partial charge is 0.389 e. The predicted octanol–water partition coefficient (Wildman–Crippen LogP) is 0.715. The van der Waals surface area contributed by atoms with Gasteiger partial charge in [0.1, 0.15) is 0 Å². The molecule has 1 saturated carbocycles. The van der Waals surface area contributed by atoms with Crippen molar-refractivity contribution < 1.29 is 5.11 Å². The van der Waals surface area contributed by atoms with E-state index in [1.807, 2.05) is 0 Å². The van der Waals surface area contributed by atoms with Crippen LogP contribution < -0.4 is 5.73 Å². The van der Waals surface area contributed by atoms with E-state index in [1.54, 1.807) is 0 Å². The molecule has 0 radical (unpaired) electrons. The fourth-order valence-corrected chi connectivity index (χ4v) is 2.82. The van der Waals surface area contributed by atoms with Gasteiger partial charge in [0.15, 0.2) is 0 Å². The highest BCUT2D eigenvalue weighted by atomic mass is 16.3. The summed E-state index contributed by atoms with van der Waals surface area (Å²) >= 11 is 0. The van der Waals surface area contributed by atoms with E-state index >= 15 is 0 Å². The molecule has 1 aliphatic carbocycles. The molecule has 0 spiro atoms. The van der Waals surface area contributed by atoms with E-state index in [0.717, 1.165) is 31.7 Å². The molecule has 3 heteroatoms. The molecule has 2 fully saturated rings. The number of hydrogen-bond acceptors (Lipinski definition) is 3. The molecule has 14 heavy (non-hydrogen) atoms. The fourth-order valence-electron chi connectivity index (χ4n) is 2.82. The number of nitrogens with two attached hydrogens (primary N) is 1. The van der Waals surface area contributed by atoms with Gasteiger partial charge in [0, 0.05) is 12.6 Å². The highest BCUT2D eigenvalue weighted by molar-refractivity contribution is 4.90. The van der Waals surface area contributed by atoms with Gasteiger partial charge in [-0.1, -0.05) is 0 Å². The van der Waals surface area contributed by atoms with Gasteiger partial charge in [-0.3, -0.25) is 0 Å². The first-order valence-corrected chi connectivity index (χ1v) is 5.90. The number of rotatable bonds is 2. The number of aliphatic hydroxyl groups is 1. The molecule has 3 N–H and O–H groups in total. The summed E-state index contributed by atoms with van der Waals surface area (Å²) < 4.78 is 0. The fraction of sp³-hybridized carbons (Fsp3) is 1.00. The highest BCUT2D eigenvalue weighted by Gasteiger charge is 2.34. The Morgan fingerprint density at radius 3 is 2.29 bits per heavy atom. The van der Waals surface area contributed by atoms with Gasteiger partial charge < -0.3 is 15.7 Å². The van der Waals surface area contributed by atoms with Crippen LogP contribution in [0, 0.1) is 0 Å². The van der Waals surface area contributed by atoms with E-state index in [1.165, 1.54) is 25.9 Å². The summed E-state index contributed by atoms with van der Waals surface area (Å²) in [6.07, 6.45) is 6.77. The van der Waals surface area contributed by atoms with Crippen LogP contribution in [0.5, 0.6) is 0 Å². The molecule has 1 saturated heterocycles. The Morgan fingerprint density at radius 1 is 1.21 bits per heavy atom. The van der Waals surface area contributed by atoms with Crippen LogP contribution in [0.1, 0.15) is 38.5 Å². The summed E-state index contributed by atoms with van der Waals surface area (Å²) in [5.74, 6) is 0. The normalized spacial score (nSPS) is 40.3. The molecule has 0 atom stereocenters. The smallest absolute Gasteiger partial charge is 0.0770 e. The summed E-state index contributed by atoms with van der Waals surface area (Å²) in [6.45, 7) is 2.97. The van der Waals surface area contributed by atoms with Crippen LogP contribution in [0.25, 0.3) is 0 Å². The summed E-state index contributed by atoms with van der Waals surface area (Å²) in [6, 6.07) is 0.726. The van der Waals surface area contributed by atoms with Crippen LogP contribution in [0.15, 0.2) is 0 Å². The molecule has 0 bridgehead atoms. The molecule has 2 aliphatic rings. The van der Waals surface area contributed by atoms with Gasteiger partial charge in [-0.25, -0.2) is 0 Å². The Morgan fingerprint density at radius 2 is 1.79 bits per heavy atom. The predicted molar refractivity (Wildman–Crippen MR) is 57.1 cm³/mol. The molecule has 82 valence electrons. The number of likely N-dealkylation sites (tertiary alicyclic amines) is 1. The van der Waals surface area contributed by atoms with Crippen molar-refractivity contribution in [1.82, 2.24) is 4.90 Å². The van der Waals surface area contributed by atoms with Crippen molar-refractivity contribution in [2.75, 3.05) is 19.6 Å². The Labute approximate surface area is 86.3 Å². The van der Waals surface area contributed by atoms with Gasteiger partial charge in [0.25, 0.3) is 0 Å². The van der Waals surface area contributed by atoms with Crippen molar-refractivity contribution in [1.29, 1.82) is 0 Å². The molecule has 0 unspecified atom stereocenters. The minimum absolute atomic E-state index is 0.430. The second kappa shape index (κ2) is 4.17. The molecule has 1 aliphatic heterocycles. The monoisotopic (exact) mass is 198 g/mol. The maximum atomic E-state index is 10.00. The van der Waals surface area contributed by atoms with Gasteiger partial charge in [-0.15, -0.1) is 0 Å². The molecular formula is C11H22N2O. The zero-order valence-electron chi connectivity index (χ0n) is 8.91. The van der Waals surface area contributed by atoms with Crippen LogP contribution >= 0.6 is 0 Å². The SMILES string of the molecule is NCC1(O)CCC(N2CCCC2)CC1. The minimum atomic E-state index is -0.545. The van der Waals surface area contributed by atoms with Gasteiger partial charge in [0.05, 0.1) is 5.60 Å². The van der Waals surface area contributed by atoms with Gasteiger partial charge in [0.2, 0.25) is 0 Å². The van der Waals surface area contributed by atoms with Gasteiger partial charge in [-0.05, 0) is 51.6 Å². The first-order valence-electron chi connectivity index (χ1n) is 5.90. The third-order valence-electron chi connectivity index (χ3n) is 3.92. The van der Waals surface area contributed by atoms with Gasteiger partial charge >= 0.3 is 0 Å². The zero-order chi connectivity index (χ0) is 10.0. The Kier molecular flexibility index (Phi) is 3.10. The van der Waals surface area contributed by atoms with Crippen molar-refractivity contribution in [3.63, 3.8) is 0 Å². The lowest BCUT2D eigenvalue weighted by Crippen LogP contribution is -2.46. The van der Waals surface area contributed by atoms with Crippen molar-refractivity contribution in [3.05, 3.63) is 0 Å². The molecule has 0 aromatic heterocycles. The van der Waals surface area contributed by atoms with Crippen molar-refractivity contribution in [3.8, 4) is 0 Å². The zero-order valence-corrected chi connectivity index (χ0v) is 8.91. The standard InChI is InChI=1S/C11H22N2O/c12-9-11(14)5-3-10(4-6-11)13-7-1-2-8-13/h10,14H,1-9,12H2. The van der Waals surface area contributed by atoms with E-state index < -0.39 is 5.60 Å².